The molecule has 0 amide bonds. The Morgan fingerprint density at radius 1 is 1.13 bits per heavy atom. The van der Waals surface area contributed by atoms with Gasteiger partial charge >= 0.3 is 0 Å². The van der Waals surface area contributed by atoms with Crippen molar-refractivity contribution in [3.8, 4) is 0 Å². The van der Waals surface area contributed by atoms with Gasteiger partial charge in [-0.25, -0.2) is 0 Å². The summed E-state index contributed by atoms with van der Waals surface area (Å²) in [6, 6.07) is 0. The molecule has 0 radical (unpaired) electrons. The van der Waals surface area contributed by atoms with Crippen LogP contribution in [0.3, 0.4) is 0 Å². The minimum Gasteiger partial charge on any atom is -0.396 e. The van der Waals surface area contributed by atoms with E-state index in [2.05, 4.69) is 18.9 Å². The first kappa shape index (κ1) is 21.5. The SMILES string of the molecule is COCC1CCC2(C)C(CCC3C2CCC2(C)C(C(=O)Cn4cc(N)cn4)CCC32)C1. The van der Waals surface area contributed by atoms with Gasteiger partial charge in [0.1, 0.15) is 0 Å². The smallest absolute Gasteiger partial charge is 0.157 e. The van der Waals surface area contributed by atoms with Crippen molar-refractivity contribution in [1.29, 1.82) is 0 Å². The molecule has 8 atom stereocenters. The van der Waals surface area contributed by atoms with Crippen molar-refractivity contribution in [3.05, 3.63) is 12.4 Å². The highest BCUT2D eigenvalue weighted by atomic mass is 16.5. The summed E-state index contributed by atoms with van der Waals surface area (Å²) in [5.41, 5.74) is 7.11. The number of hydrogen-bond donors (Lipinski definition) is 1. The fraction of sp³-hybridized carbons (Fsp3) is 0.846. The van der Waals surface area contributed by atoms with E-state index in [9.17, 15) is 4.79 Å². The van der Waals surface area contributed by atoms with E-state index in [0.717, 1.165) is 42.6 Å². The second-order valence-electron chi connectivity index (χ2n) is 11.9. The lowest BCUT2D eigenvalue weighted by atomic mass is 9.44. The van der Waals surface area contributed by atoms with Crippen LogP contribution in [0.1, 0.15) is 71.6 Å². The van der Waals surface area contributed by atoms with Crippen molar-refractivity contribution in [1.82, 2.24) is 9.78 Å². The number of aromatic nitrogens is 2. The molecule has 1 aromatic rings. The molecule has 0 spiro atoms. The Morgan fingerprint density at radius 2 is 1.90 bits per heavy atom. The lowest BCUT2D eigenvalue weighted by molar-refractivity contribution is -0.138. The van der Waals surface area contributed by atoms with Crippen molar-refractivity contribution in [2.75, 3.05) is 19.5 Å². The summed E-state index contributed by atoms with van der Waals surface area (Å²) in [5, 5.41) is 4.25. The minimum atomic E-state index is 0.174. The number of nitrogen functional groups attached to an aromatic ring is 1. The Balaban J connectivity index is 1.31. The number of fused-ring (bicyclic) bond motifs is 5. The van der Waals surface area contributed by atoms with E-state index in [-0.39, 0.29) is 11.3 Å². The molecule has 2 N–H and O–H groups in total. The Bertz CT molecular complexity index is 821. The first-order valence-corrected chi connectivity index (χ1v) is 12.6. The van der Waals surface area contributed by atoms with E-state index in [1.165, 1.54) is 51.4 Å². The monoisotopic (exact) mass is 427 g/mol. The van der Waals surface area contributed by atoms with Crippen molar-refractivity contribution in [3.63, 3.8) is 0 Å². The van der Waals surface area contributed by atoms with Gasteiger partial charge in [0.05, 0.1) is 18.4 Å². The van der Waals surface area contributed by atoms with Gasteiger partial charge in [0.25, 0.3) is 0 Å². The van der Waals surface area contributed by atoms with E-state index < -0.39 is 0 Å². The first-order valence-electron chi connectivity index (χ1n) is 12.6. The van der Waals surface area contributed by atoms with Gasteiger partial charge in [0.15, 0.2) is 5.78 Å². The lowest BCUT2D eigenvalue weighted by Crippen LogP contribution is -2.54. The summed E-state index contributed by atoms with van der Waals surface area (Å²) in [6.07, 6.45) is 15.1. The molecular formula is C26H41N3O2. The molecule has 1 aromatic heterocycles. The molecule has 4 saturated carbocycles. The molecule has 0 saturated heterocycles. The number of Topliss-reactive ketones (excluding diaryl/α,β-unsaturated/α-hetero) is 1. The fourth-order valence-electron chi connectivity index (χ4n) is 9.00. The topological polar surface area (TPSA) is 70.1 Å². The molecule has 0 aliphatic heterocycles. The zero-order valence-electron chi connectivity index (χ0n) is 19.7. The van der Waals surface area contributed by atoms with Gasteiger partial charge in [0.2, 0.25) is 0 Å². The van der Waals surface area contributed by atoms with Crippen molar-refractivity contribution >= 4 is 11.5 Å². The molecular weight excluding hydrogens is 386 g/mol. The Kier molecular flexibility index (Phi) is 5.47. The summed E-state index contributed by atoms with van der Waals surface area (Å²) < 4.78 is 7.23. The first-order chi connectivity index (χ1) is 14.8. The number of rotatable bonds is 5. The van der Waals surface area contributed by atoms with Gasteiger partial charge in [-0.05, 0) is 98.2 Å². The van der Waals surface area contributed by atoms with Crippen LogP contribution in [0.5, 0.6) is 0 Å². The average Bonchev–Trinajstić information content (AvgIpc) is 3.30. The van der Waals surface area contributed by atoms with E-state index >= 15 is 0 Å². The predicted octanol–water partition coefficient (Wildman–Crippen LogP) is 4.96. The number of anilines is 1. The van der Waals surface area contributed by atoms with Crippen LogP contribution in [-0.2, 0) is 16.1 Å². The van der Waals surface area contributed by atoms with Gasteiger partial charge < -0.3 is 10.5 Å². The summed E-state index contributed by atoms with van der Waals surface area (Å²) in [6.45, 7) is 6.39. The fourth-order valence-corrected chi connectivity index (χ4v) is 9.00. The van der Waals surface area contributed by atoms with Crippen LogP contribution in [0.15, 0.2) is 12.4 Å². The zero-order chi connectivity index (χ0) is 21.8. The predicted molar refractivity (Wildman–Crippen MR) is 122 cm³/mol. The number of carbonyl (C=O) groups is 1. The van der Waals surface area contributed by atoms with Gasteiger partial charge in [-0.2, -0.15) is 5.10 Å². The van der Waals surface area contributed by atoms with Crippen LogP contribution in [0.2, 0.25) is 0 Å². The summed E-state index contributed by atoms with van der Waals surface area (Å²) >= 11 is 0. The molecule has 5 heteroatoms. The van der Waals surface area contributed by atoms with E-state index in [1.54, 1.807) is 17.1 Å². The molecule has 31 heavy (non-hydrogen) atoms. The zero-order valence-corrected chi connectivity index (χ0v) is 19.7. The Labute approximate surface area is 187 Å². The van der Waals surface area contributed by atoms with Crippen LogP contribution in [0.4, 0.5) is 5.69 Å². The molecule has 1 heterocycles. The molecule has 172 valence electrons. The summed E-state index contributed by atoms with van der Waals surface area (Å²) in [5.74, 6) is 4.58. The van der Waals surface area contributed by atoms with Gasteiger partial charge in [0, 0.05) is 25.8 Å². The third kappa shape index (κ3) is 3.46. The van der Waals surface area contributed by atoms with Crippen LogP contribution < -0.4 is 5.73 Å². The normalized spacial score (nSPS) is 44.4. The van der Waals surface area contributed by atoms with Gasteiger partial charge in [-0.1, -0.05) is 13.8 Å². The maximum Gasteiger partial charge on any atom is 0.157 e. The number of hydrogen-bond acceptors (Lipinski definition) is 4. The number of methoxy groups -OCH3 is 1. The Morgan fingerprint density at radius 3 is 2.65 bits per heavy atom. The quantitative estimate of drug-likeness (QED) is 0.721. The summed E-state index contributed by atoms with van der Waals surface area (Å²) in [7, 11) is 1.85. The maximum atomic E-state index is 13.3. The van der Waals surface area contributed by atoms with Crippen LogP contribution in [-0.4, -0.2) is 29.3 Å². The highest BCUT2D eigenvalue weighted by Crippen LogP contribution is 2.67. The van der Waals surface area contributed by atoms with Crippen molar-refractivity contribution in [2.24, 2.45) is 46.3 Å². The molecule has 4 aliphatic carbocycles. The van der Waals surface area contributed by atoms with Crippen molar-refractivity contribution in [2.45, 2.75) is 78.2 Å². The second-order valence-corrected chi connectivity index (χ2v) is 11.9. The third-order valence-electron chi connectivity index (χ3n) is 10.5. The van der Waals surface area contributed by atoms with E-state index in [1.807, 2.05) is 7.11 Å². The highest BCUT2D eigenvalue weighted by Gasteiger charge is 2.61. The molecule has 5 nitrogen and oxygen atoms in total. The molecule has 4 aliphatic rings. The largest absolute Gasteiger partial charge is 0.396 e. The van der Waals surface area contributed by atoms with Crippen LogP contribution >= 0.6 is 0 Å². The number of nitrogens with zero attached hydrogens (tertiary/aromatic N) is 2. The van der Waals surface area contributed by atoms with Gasteiger partial charge in [-0.3, -0.25) is 9.48 Å². The molecule has 5 rings (SSSR count). The number of nitrogens with two attached hydrogens (primary N) is 1. The highest BCUT2D eigenvalue weighted by molar-refractivity contribution is 5.82. The Hall–Kier alpha value is -1.36. The summed E-state index contributed by atoms with van der Waals surface area (Å²) in [4.78, 5) is 13.3. The van der Waals surface area contributed by atoms with E-state index in [4.69, 9.17) is 10.5 Å². The maximum absolute atomic E-state index is 13.3. The number of carbonyl (C=O) groups excluding carboxylic acids is 1. The van der Waals surface area contributed by atoms with E-state index in [0.29, 0.717) is 23.4 Å². The second kappa shape index (κ2) is 7.90. The molecule has 8 unspecified atom stereocenters. The van der Waals surface area contributed by atoms with Gasteiger partial charge in [-0.15, -0.1) is 0 Å². The van der Waals surface area contributed by atoms with Crippen LogP contribution in [0, 0.1) is 46.3 Å². The average molecular weight is 428 g/mol. The lowest BCUT2D eigenvalue weighted by Gasteiger charge is -2.61. The van der Waals surface area contributed by atoms with Crippen LogP contribution in [0.25, 0.3) is 0 Å². The minimum absolute atomic E-state index is 0.174. The van der Waals surface area contributed by atoms with Crippen molar-refractivity contribution < 1.29 is 9.53 Å². The number of ether oxygens (including phenoxy) is 1. The standard InChI is InChI=1S/C26H41N3O2/c1-25-10-8-17(16-31-3)12-18(25)4-5-20-21-6-7-23(26(21,2)11-9-22(20)25)24(30)15-29-14-19(27)13-28-29/h13-14,17-18,20-23H,4-12,15-16,27H2,1-3H3. The number of ketones is 1. The molecule has 4 fully saturated rings. The third-order valence-corrected chi connectivity index (χ3v) is 10.5. The molecule has 0 bridgehead atoms. The molecule has 0 aromatic carbocycles.